The molecule has 0 spiro atoms. The molecule has 0 fully saturated rings. The van der Waals surface area contributed by atoms with Crippen LogP contribution in [0.25, 0.3) is 6.08 Å². The summed E-state index contributed by atoms with van der Waals surface area (Å²) >= 11 is 0. The Hall–Kier alpha value is -4.46. The number of nitro groups is 1. The van der Waals surface area contributed by atoms with Gasteiger partial charge in [0.1, 0.15) is 12.4 Å². The Bertz CT molecular complexity index is 1110. The zero-order chi connectivity index (χ0) is 22.8. The van der Waals surface area contributed by atoms with Gasteiger partial charge in [-0.15, -0.1) is 0 Å². The van der Waals surface area contributed by atoms with Gasteiger partial charge in [0.25, 0.3) is 11.6 Å². The van der Waals surface area contributed by atoms with Gasteiger partial charge in [0.05, 0.1) is 4.92 Å². The first-order chi connectivity index (χ1) is 15.5. The van der Waals surface area contributed by atoms with Gasteiger partial charge in [-0.3, -0.25) is 14.9 Å². The number of carbonyl (C=O) groups excluding carboxylic acids is 2. The van der Waals surface area contributed by atoms with E-state index in [1.807, 2.05) is 30.3 Å². The Balaban J connectivity index is 1.42. The summed E-state index contributed by atoms with van der Waals surface area (Å²) < 4.78 is 10.6. The summed E-state index contributed by atoms with van der Waals surface area (Å²) in [5.74, 6) is -0.582. The number of carbonyl (C=O) groups is 2. The Morgan fingerprint density at radius 2 is 1.72 bits per heavy atom. The molecular formula is C24H20N2O6. The molecule has 3 aromatic carbocycles. The van der Waals surface area contributed by atoms with E-state index in [-0.39, 0.29) is 5.69 Å². The largest absolute Gasteiger partial charge is 0.489 e. The van der Waals surface area contributed by atoms with E-state index in [1.54, 1.807) is 30.3 Å². The molecule has 0 radical (unpaired) electrons. The SMILES string of the molecule is O=C(COC(=O)/C=C/c1cccc([N+](=O)[O-])c1)Nc1ccc(OCc2ccccc2)cc1. The standard InChI is InChI=1S/C24H20N2O6/c27-23(17-32-24(28)14-9-18-7-4-8-21(15-18)26(29)30)25-20-10-12-22(13-11-20)31-16-19-5-2-1-3-6-19/h1-15H,16-17H2,(H,25,27)/b14-9+. The fraction of sp³-hybridized carbons (Fsp3) is 0.0833. The lowest BCUT2D eigenvalue weighted by Gasteiger charge is -2.08. The monoisotopic (exact) mass is 432 g/mol. The van der Waals surface area contributed by atoms with Gasteiger partial charge < -0.3 is 14.8 Å². The van der Waals surface area contributed by atoms with Crippen LogP contribution in [-0.4, -0.2) is 23.4 Å². The number of nitrogens with one attached hydrogen (secondary N) is 1. The van der Waals surface area contributed by atoms with Gasteiger partial charge in [0.15, 0.2) is 6.61 Å². The quantitative estimate of drug-likeness (QED) is 0.233. The van der Waals surface area contributed by atoms with Gasteiger partial charge in [-0.1, -0.05) is 42.5 Å². The molecule has 3 aromatic rings. The highest BCUT2D eigenvalue weighted by Crippen LogP contribution is 2.17. The number of anilines is 1. The van der Waals surface area contributed by atoms with Gasteiger partial charge in [0, 0.05) is 23.9 Å². The highest BCUT2D eigenvalue weighted by molar-refractivity contribution is 5.94. The van der Waals surface area contributed by atoms with E-state index in [2.05, 4.69) is 5.32 Å². The third kappa shape index (κ3) is 7.10. The van der Waals surface area contributed by atoms with Crippen molar-refractivity contribution in [3.05, 3.63) is 106 Å². The van der Waals surface area contributed by atoms with Gasteiger partial charge in [-0.2, -0.15) is 0 Å². The Morgan fingerprint density at radius 1 is 0.969 bits per heavy atom. The topological polar surface area (TPSA) is 108 Å². The number of non-ortho nitro benzene ring substituents is 1. The molecule has 0 aromatic heterocycles. The van der Waals surface area contributed by atoms with Crippen LogP contribution >= 0.6 is 0 Å². The third-order valence-electron chi connectivity index (χ3n) is 4.22. The third-order valence-corrected chi connectivity index (χ3v) is 4.22. The van der Waals surface area contributed by atoms with Crippen LogP contribution in [0.4, 0.5) is 11.4 Å². The molecular weight excluding hydrogens is 412 g/mol. The van der Waals surface area contributed by atoms with Crippen molar-refractivity contribution in [3.63, 3.8) is 0 Å². The average Bonchev–Trinajstić information content (AvgIpc) is 2.82. The van der Waals surface area contributed by atoms with E-state index in [0.29, 0.717) is 23.6 Å². The van der Waals surface area contributed by atoms with Crippen LogP contribution in [-0.2, 0) is 20.9 Å². The molecule has 0 aliphatic carbocycles. The number of nitro benzene ring substituents is 1. The zero-order valence-electron chi connectivity index (χ0n) is 17.0. The van der Waals surface area contributed by atoms with Crippen LogP contribution in [0.15, 0.2) is 84.9 Å². The smallest absolute Gasteiger partial charge is 0.331 e. The minimum atomic E-state index is -0.740. The maximum absolute atomic E-state index is 12.0. The predicted octanol–water partition coefficient (Wildman–Crippen LogP) is 4.37. The number of amides is 1. The summed E-state index contributed by atoms with van der Waals surface area (Å²) in [5.41, 5.74) is 1.96. The van der Waals surface area contributed by atoms with E-state index in [9.17, 15) is 19.7 Å². The molecule has 162 valence electrons. The molecule has 0 heterocycles. The van der Waals surface area contributed by atoms with Crippen LogP contribution in [0.1, 0.15) is 11.1 Å². The second kappa shape index (κ2) is 11.1. The molecule has 32 heavy (non-hydrogen) atoms. The van der Waals surface area contributed by atoms with Crippen LogP contribution in [0.3, 0.4) is 0 Å². The van der Waals surface area contributed by atoms with Gasteiger partial charge in [0.2, 0.25) is 0 Å². The molecule has 0 saturated carbocycles. The van der Waals surface area contributed by atoms with Crippen molar-refractivity contribution in [2.75, 3.05) is 11.9 Å². The lowest BCUT2D eigenvalue weighted by molar-refractivity contribution is -0.384. The van der Waals surface area contributed by atoms with Crippen molar-refractivity contribution in [1.29, 1.82) is 0 Å². The van der Waals surface area contributed by atoms with Gasteiger partial charge in [-0.25, -0.2) is 4.79 Å². The van der Waals surface area contributed by atoms with E-state index >= 15 is 0 Å². The normalized spacial score (nSPS) is 10.5. The highest BCUT2D eigenvalue weighted by atomic mass is 16.6. The first-order valence-electron chi connectivity index (χ1n) is 9.65. The van der Waals surface area contributed by atoms with E-state index in [4.69, 9.17) is 9.47 Å². The summed E-state index contributed by atoms with van der Waals surface area (Å²) in [6, 6.07) is 22.4. The number of ether oxygens (including phenoxy) is 2. The molecule has 0 saturated heterocycles. The number of hydrogen-bond donors (Lipinski definition) is 1. The number of hydrogen-bond acceptors (Lipinski definition) is 6. The van der Waals surface area contributed by atoms with E-state index in [0.717, 1.165) is 11.6 Å². The number of esters is 1. The fourth-order valence-electron chi connectivity index (χ4n) is 2.66. The van der Waals surface area contributed by atoms with Crippen molar-refractivity contribution in [2.24, 2.45) is 0 Å². The number of rotatable bonds is 9. The summed E-state index contributed by atoms with van der Waals surface area (Å²) in [4.78, 5) is 34.0. The van der Waals surface area contributed by atoms with Crippen LogP contribution in [0.5, 0.6) is 5.75 Å². The Morgan fingerprint density at radius 3 is 2.44 bits per heavy atom. The predicted molar refractivity (Wildman–Crippen MR) is 119 cm³/mol. The molecule has 1 N–H and O–H groups in total. The molecule has 3 rings (SSSR count). The van der Waals surface area contributed by atoms with Gasteiger partial charge in [-0.05, 0) is 41.5 Å². The second-order valence-corrected chi connectivity index (χ2v) is 6.64. The number of benzene rings is 3. The zero-order valence-corrected chi connectivity index (χ0v) is 17.0. The number of nitrogens with zero attached hydrogens (tertiary/aromatic N) is 1. The van der Waals surface area contributed by atoms with Crippen LogP contribution < -0.4 is 10.1 Å². The lowest BCUT2D eigenvalue weighted by atomic mass is 10.2. The summed E-state index contributed by atoms with van der Waals surface area (Å²) in [5, 5.41) is 13.4. The first kappa shape index (κ1) is 22.2. The van der Waals surface area contributed by atoms with Crippen molar-refractivity contribution < 1.29 is 24.0 Å². The summed E-state index contributed by atoms with van der Waals surface area (Å²) in [6.07, 6.45) is 2.48. The summed E-state index contributed by atoms with van der Waals surface area (Å²) in [7, 11) is 0. The maximum atomic E-state index is 12.0. The van der Waals surface area contributed by atoms with Gasteiger partial charge >= 0.3 is 5.97 Å². The average molecular weight is 432 g/mol. The lowest BCUT2D eigenvalue weighted by Crippen LogP contribution is -2.20. The minimum absolute atomic E-state index is 0.0867. The molecule has 1 amide bonds. The highest BCUT2D eigenvalue weighted by Gasteiger charge is 2.07. The summed E-state index contributed by atoms with van der Waals surface area (Å²) in [6.45, 7) is -0.0310. The van der Waals surface area contributed by atoms with Crippen LogP contribution in [0.2, 0.25) is 0 Å². The van der Waals surface area contributed by atoms with E-state index in [1.165, 1.54) is 24.3 Å². The minimum Gasteiger partial charge on any atom is -0.489 e. The fourth-order valence-corrected chi connectivity index (χ4v) is 2.66. The Labute approximate surface area is 184 Å². The molecule has 0 atom stereocenters. The molecule has 8 nitrogen and oxygen atoms in total. The van der Waals surface area contributed by atoms with Crippen molar-refractivity contribution in [1.82, 2.24) is 0 Å². The van der Waals surface area contributed by atoms with Crippen molar-refractivity contribution >= 4 is 29.3 Å². The molecule has 0 aliphatic heterocycles. The van der Waals surface area contributed by atoms with E-state index < -0.39 is 23.4 Å². The molecule has 0 unspecified atom stereocenters. The maximum Gasteiger partial charge on any atom is 0.331 e. The molecule has 0 bridgehead atoms. The molecule has 0 aliphatic rings. The Kier molecular flexibility index (Phi) is 7.69. The van der Waals surface area contributed by atoms with Crippen LogP contribution in [0, 0.1) is 10.1 Å². The molecule has 8 heteroatoms. The first-order valence-corrected chi connectivity index (χ1v) is 9.65. The second-order valence-electron chi connectivity index (χ2n) is 6.64. The van der Waals surface area contributed by atoms with Crippen molar-refractivity contribution in [3.8, 4) is 5.75 Å². The van der Waals surface area contributed by atoms with Crippen molar-refractivity contribution in [2.45, 2.75) is 6.61 Å².